The lowest BCUT2D eigenvalue weighted by atomic mass is 10.0. The molecule has 0 aromatic heterocycles. The minimum Gasteiger partial charge on any atom is -0.496 e. The van der Waals surface area contributed by atoms with Crippen LogP contribution in [0.3, 0.4) is 0 Å². The fraction of sp³-hybridized carbons (Fsp3) is 0.250. The summed E-state index contributed by atoms with van der Waals surface area (Å²) in [5.41, 5.74) is 1.18. The first-order valence-corrected chi connectivity index (χ1v) is 7.40. The average molecular weight is 356 g/mol. The Kier molecular flexibility index (Phi) is 5.17. The van der Waals surface area contributed by atoms with Gasteiger partial charge in [0.15, 0.2) is 0 Å². The second-order valence-electron chi connectivity index (χ2n) is 4.59. The molecule has 1 atom stereocenters. The largest absolute Gasteiger partial charge is 0.496 e. The Morgan fingerprint density at radius 1 is 1.19 bits per heavy atom. The third kappa shape index (κ3) is 3.53. The molecule has 2 nitrogen and oxygen atoms in total. The lowest BCUT2D eigenvalue weighted by Crippen LogP contribution is -2.12. The molecule has 0 radical (unpaired) electrons. The molecule has 1 N–H and O–H groups in total. The minimum atomic E-state index is -0.622. The summed E-state index contributed by atoms with van der Waals surface area (Å²) in [6, 6.07) is 9.70. The first kappa shape index (κ1) is 15.8. The zero-order valence-electron chi connectivity index (χ0n) is 11.8. The predicted octanol–water partition coefficient (Wildman–Crippen LogP) is 5.30. The van der Waals surface area contributed by atoms with E-state index in [-0.39, 0.29) is 16.2 Å². The number of benzene rings is 2. The van der Waals surface area contributed by atoms with E-state index in [0.29, 0.717) is 0 Å². The van der Waals surface area contributed by atoms with Gasteiger partial charge in [0, 0.05) is 11.6 Å². The number of para-hydroxylation sites is 1. The zero-order valence-corrected chi connectivity index (χ0v) is 13.4. The quantitative estimate of drug-likeness (QED) is 0.734. The van der Waals surface area contributed by atoms with Gasteiger partial charge in [-0.3, -0.25) is 0 Å². The van der Waals surface area contributed by atoms with E-state index < -0.39 is 11.6 Å². The van der Waals surface area contributed by atoms with Gasteiger partial charge in [-0.05, 0) is 34.5 Å². The Labute approximate surface area is 131 Å². The van der Waals surface area contributed by atoms with E-state index in [1.807, 2.05) is 31.2 Å². The number of anilines is 1. The maximum absolute atomic E-state index is 13.9. The molecule has 0 saturated carbocycles. The summed E-state index contributed by atoms with van der Waals surface area (Å²) in [4.78, 5) is 0. The molecule has 112 valence electrons. The van der Waals surface area contributed by atoms with Crippen molar-refractivity contribution in [3.8, 4) is 5.75 Å². The second-order valence-corrected chi connectivity index (χ2v) is 5.45. The van der Waals surface area contributed by atoms with Crippen LogP contribution in [0.4, 0.5) is 14.5 Å². The number of ether oxygens (including phenoxy) is 1. The van der Waals surface area contributed by atoms with Crippen LogP contribution in [-0.4, -0.2) is 7.11 Å². The fourth-order valence-corrected chi connectivity index (χ4v) is 2.52. The lowest BCUT2D eigenvalue weighted by molar-refractivity contribution is 0.406. The Balaban J connectivity index is 2.33. The van der Waals surface area contributed by atoms with E-state index in [9.17, 15) is 8.78 Å². The van der Waals surface area contributed by atoms with E-state index in [1.165, 1.54) is 6.07 Å². The Bertz CT molecular complexity index is 634. The van der Waals surface area contributed by atoms with Crippen LogP contribution in [0.2, 0.25) is 0 Å². The first-order valence-electron chi connectivity index (χ1n) is 6.60. The molecule has 21 heavy (non-hydrogen) atoms. The molecule has 1 unspecified atom stereocenters. The highest BCUT2D eigenvalue weighted by molar-refractivity contribution is 9.10. The molecular formula is C16H16BrF2NO. The Morgan fingerprint density at radius 3 is 2.57 bits per heavy atom. The van der Waals surface area contributed by atoms with Crippen molar-refractivity contribution in [1.82, 2.24) is 0 Å². The molecule has 0 heterocycles. The van der Waals surface area contributed by atoms with Gasteiger partial charge in [-0.1, -0.05) is 25.1 Å². The SMILES string of the molecule is CCC(Nc1cc(Br)c(F)cc1F)c1ccccc1OC. The van der Waals surface area contributed by atoms with Gasteiger partial charge in [-0.2, -0.15) is 0 Å². The third-order valence-electron chi connectivity index (χ3n) is 3.26. The average Bonchev–Trinajstić information content (AvgIpc) is 2.49. The van der Waals surface area contributed by atoms with Crippen molar-refractivity contribution in [2.75, 3.05) is 12.4 Å². The number of hydrogen-bond acceptors (Lipinski definition) is 2. The topological polar surface area (TPSA) is 21.3 Å². The van der Waals surface area contributed by atoms with Crippen LogP contribution in [0.5, 0.6) is 5.75 Å². The van der Waals surface area contributed by atoms with Gasteiger partial charge in [0.2, 0.25) is 0 Å². The van der Waals surface area contributed by atoms with Crippen molar-refractivity contribution < 1.29 is 13.5 Å². The van der Waals surface area contributed by atoms with Gasteiger partial charge >= 0.3 is 0 Å². The Hall–Kier alpha value is -1.62. The third-order valence-corrected chi connectivity index (χ3v) is 3.87. The number of halogens is 3. The van der Waals surface area contributed by atoms with Crippen LogP contribution < -0.4 is 10.1 Å². The highest BCUT2D eigenvalue weighted by Crippen LogP contribution is 2.32. The monoisotopic (exact) mass is 355 g/mol. The zero-order chi connectivity index (χ0) is 15.4. The highest BCUT2D eigenvalue weighted by Gasteiger charge is 2.16. The second kappa shape index (κ2) is 6.89. The van der Waals surface area contributed by atoms with E-state index in [2.05, 4.69) is 21.2 Å². The van der Waals surface area contributed by atoms with Crippen molar-refractivity contribution in [1.29, 1.82) is 0 Å². The maximum Gasteiger partial charge on any atom is 0.149 e. The normalized spacial score (nSPS) is 12.0. The summed E-state index contributed by atoms with van der Waals surface area (Å²) in [5, 5.41) is 3.10. The molecular weight excluding hydrogens is 340 g/mol. The molecule has 0 amide bonds. The highest BCUT2D eigenvalue weighted by atomic mass is 79.9. The number of hydrogen-bond donors (Lipinski definition) is 1. The smallest absolute Gasteiger partial charge is 0.149 e. The molecule has 5 heteroatoms. The van der Waals surface area contributed by atoms with Crippen LogP contribution in [0.1, 0.15) is 24.9 Å². The van der Waals surface area contributed by atoms with Gasteiger partial charge in [0.1, 0.15) is 17.4 Å². The molecule has 0 saturated heterocycles. The molecule has 0 fully saturated rings. The fourth-order valence-electron chi connectivity index (χ4n) is 2.17. The maximum atomic E-state index is 13.9. The Morgan fingerprint density at radius 2 is 1.90 bits per heavy atom. The predicted molar refractivity (Wildman–Crippen MR) is 83.7 cm³/mol. The molecule has 0 bridgehead atoms. The van der Waals surface area contributed by atoms with Crippen LogP contribution in [0.25, 0.3) is 0 Å². The van der Waals surface area contributed by atoms with E-state index in [4.69, 9.17) is 4.74 Å². The van der Waals surface area contributed by atoms with Crippen LogP contribution >= 0.6 is 15.9 Å². The van der Waals surface area contributed by atoms with Crippen molar-refractivity contribution in [2.45, 2.75) is 19.4 Å². The summed E-state index contributed by atoms with van der Waals surface area (Å²) in [6.45, 7) is 1.99. The summed E-state index contributed by atoms with van der Waals surface area (Å²) < 4.78 is 32.7. The molecule has 0 aliphatic heterocycles. The van der Waals surface area contributed by atoms with Gasteiger partial charge in [0.05, 0.1) is 23.3 Å². The minimum absolute atomic E-state index is 0.131. The number of methoxy groups -OCH3 is 1. The summed E-state index contributed by atoms with van der Waals surface area (Å²) in [6.07, 6.45) is 0.731. The molecule has 0 aliphatic carbocycles. The molecule has 0 aliphatic rings. The van der Waals surface area contributed by atoms with Crippen LogP contribution in [0.15, 0.2) is 40.9 Å². The van der Waals surface area contributed by atoms with E-state index >= 15 is 0 Å². The van der Waals surface area contributed by atoms with Gasteiger partial charge in [-0.25, -0.2) is 8.78 Å². The van der Waals surface area contributed by atoms with Crippen molar-refractivity contribution in [3.63, 3.8) is 0 Å². The van der Waals surface area contributed by atoms with Crippen molar-refractivity contribution in [2.24, 2.45) is 0 Å². The van der Waals surface area contributed by atoms with Crippen LogP contribution in [0, 0.1) is 11.6 Å². The van der Waals surface area contributed by atoms with Gasteiger partial charge in [0.25, 0.3) is 0 Å². The molecule has 2 aromatic carbocycles. The molecule has 0 spiro atoms. The number of rotatable bonds is 5. The van der Waals surface area contributed by atoms with Gasteiger partial charge < -0.3 is 10.1 Å². The van der Waals surface area contributed by atoms with Gasteiger partial charge in [-0.15, -0.1) is 0 Å². The first-order chi connectivity index (χ1) is 10.1. The molecule has 2 aromatic rings. The lowest BCUT2D eigenvalue weighted by Gasteiger charge is -2.21. The van der Waals surface area contributed by atoms with E-state index in [1.54, 1.807) is 7.11 Å². The molecule has 2 rings (SSSR count). The van der Waals surface area contributed by atoms with Crippen molar-refractivity contribution in [3.05, 3.63) is 58.1 Å². The van der Waals surface area contributed by atoms with Crippen molar-refractivity contribution >= 4 is 21.6 Å². The summed E-state index contributed by atoms with van der Waals surface area (Å²) in [7, 11) is 1.60. The standard InChI is InChI=1S/C16H16BrF2NO/c1-3-14(10-6-4-5-7-16(10)21-2)20-15-8-11(17)12(18)9-13(15)19/h4-9,14,20H,3H2,1-2H3. The summed E-state index contributed by atoms with van der Waals surface area (Å²) >= 11 is 3.07. The summed E-state index contributed by atoms with van der Waals surface area (Å²) in [5.74, 6) is -0.508. The van der Waals surface area contributed by atoms with Crippen LogP contribution in [-0.2, 0) is 0 Å². The van der Waals surface area contributed by atoms with E-state index in [0.717, 1.165) is 23.8 Å². The number of nitrogens with one attached hydrogen (secondary N) is 1.